The molecule has 0 aliphatic heterocycles. The summed E-state index contributed by atoms with van der Waals surface area (Å²) < 4.78 is 5.01. The number of nitrogens with one attached hydrogen (secondary N) is 3. The van der Waals surface area contributed by atoms with Crippen molar-refractivity contribution < 1.29 is 19.4 Å². The molecule has 0 radical (unpaired) electrons. The number of rotatable bonds is 11. The molecule has 4 N–H and O–H groups in total. The van der Waals surface area contributed by atoms with Gasteiger partial charge in [-0.15, -0.1) is 0 Å². The molecule has 0 saturated heterocycles. The fraction of sp³-hybridized carbons (Fsp3) is 0.367. The van der Waals surface area contributed by atoms with E-state index >= 15 is 0 Å². The summed E-state index contributed by atoms with van der Waals surface area (Å²) in [7, 11) is 1.91. The third-order valence-electron chi connectivity index (χ3n) is 7.04. The van der Waals surface area contributed by atoms with Gasteiger partial charge in [0.15, 0.2) is 0 Å². The normalized spacial score (nSPS) is 13.6. The van der Waals surface area contributed by atoms with Crippen LogP contribution < -0.4 is 16.0 Å². The van der Waals surface area contributed by atoms with Crippen LogP contribution in [0.25, 0.3) is 11.1 Å². The molecule has 8 heteroatoms. The van der Waals surface area contributed by atoms with Gasteiger partial charge >= 0.3 is 5.97 Å². The number of anilines is 2. The Labute approximate surface area is 223 Å². The van der Waals surface area contributed by atoms with Gasteiger partial charge in [0.25, 0.3) is 5.91 Å². The average Bonchev–Trinajstić information content (AvgIpc) is 3.76. The Bertz CT molecular complexity index is 1320. The van der Waals surface area contributed by atoms with Gasteiger partial charge in [-0.2, -0.15) is 0 Å². The Morgan fingerprint density at radius 2 is 1.74 bits per heavy atom. The van der Waals surface area contributed by atoms with Crippen LogP contribution in [0, 0.1) is 13.8 Å². The smallest absolute Gasteiger partial charge is 0.325 e. The minimum absolute atomic E-state index is 0.250. The quantitative estimate of drug-likeness (QED) is 0.277. The van der Waals surface area contributed by atoms with Gasteiger partial charge in [-0.25, -0.2) is 0 Å². The maximum absolute atomic E-state index is 13.3. The van der Waals surface area contributed by atoms with Crippen LogP contribution in [-0.4, -0.2) is 48.3 Å². The van der Waals surface area contributed by atoms with Gasteiger partial charge in [0, 0.05) is 31.2 Å². The minimum Gasteiger partial charge on any atom is -0.465 e. The van der Waals surface area contributed by atoms with Crippen molar-refractivity contribution in [1.82, 2.24) is 10.3 Å². The summed E-state index contributed by atoms with van der Waals surface area (Å²) in [5, 5.41) is 18.9. The average molecular weight is 517 g/mol. The second kappa shape index (κ2) is 12.2. The van der Waals surface area contributed by atoms with E-state index in [1.165, 1.54) is 0 Å². The van der Waals surface area contributed by atoms with E-state index in [2.05, 4.69) is 40.0 Å². The molecule has 3 aromatic rings. The third kappa shape index (κ3) is 6.03. The molecule has 1 fully saturated rings. The number of hydrogen-bond donors (Lipinski definition) is 4. The van der Waals surface area contributed by atoms with Gasteiger partial charge < -0.3 is 20.5 Å². The minimum atomic E-state index is -0.808. The van der Waals surface area contributed by atoms with Crippen LogP contribution in [0.5, 0.6) is 0 Å². The predicted octanol–water partition coefficient (Wildman–Crippen LogP) is 4.55. The highest BCUT2D eigenvalue weighted by Gasteiger charge is 2.28. The highest BCUT2D eigenvalue weighted by Crippen LogP contribution is 2.42. The molecule has 1 heterocycles. The van der Waals surface area contributed by atoms with Gasteiger partial charge in [-0.3, -0.25) is 19.9 Å². The van der Waals surface area contributed by atoms with Crippen molar-refractivity contribution in [3.63, 3.8) is 0 Å². The maximum Gasteiger partial charge on any atom is 0.325 e. The number of aromatic nitrogens is 1. The first-order chi connectivity index (χ1) is 18.4. The van der Waals surface area contributed by atoms with Crippen LogP contribution in [0.3, 0.4) is 0 Å². The SMILES string of the molecule is CCOC(=O)C(CO)NCc1cnc(C(=O)Nc2cccc(-c3cccc(NC)c3C)c2C)cc1C1CC1. The molecule has 2 aromatic carbocycles. The highest BCUT2D eigenvalue weighted by molar-refractivity contribution is 6.04. The summed E-state index contributed by atoms with van der Waals surface area (Å²) in [5.41, 5.74) is 8.40. The predicted molar refractivity (Wildman–Crippen MR) is 149 cm³/mol. The van der Waals surface area contributed by atoms with Crippen LogP contribution in [0.2, 0.25) is 0 Å². The number of amides is 1. The molecule has 0 bridgehead atoms. The van der Waals surface area contributed by atoms with E-state index in [1.54, 1.807) is 13.1 Å². The lowest BCUT2D eigenvalue weighted by molar-refractivity contribution is -0.146. The summed E-state index contributed by atoms with van der Waals surface area (Å²) in [6.45, 7) is 6.06. The number of aliphatic hydroxyl groups excluding tert-OH is 1. The first-order valence-corrected chi connectivity index (χ1v) is 13.1. The monoisotopic (exact) mass is 516 g/mol. The van der Waals surface area contributed by atoms with Crippen LogP contribution in [-0.2, 0) is 16.1 Å². The van der Waals surface area contributed by atoms with E-state index in [-0.39, 0.29) is 19.1 Å². The molecule has 1 aliphatic rings. The largest absolute Gasteiger partial charge is 0.465 e. The molecule has 38 heavy (non-hydrogen) atoms. The van der Waals surface area contributed by atoms with E-state index in [9.17, 15) is 14.7 Å². The summed E-state index contributed by atoms with van der Waals surface area (Å²) >= 11 is 0. The fourth-order valence-corrected chi connectivity index (χ4v) is 4.69. The second-order valence-electron chi connectivity index (χ2n) is 9.57. The van der Waals surface area contributed by atoms with E-state index in [4.69, 9.17) is 4.74 Å². The van der Waals surface area contributed by atoms with Gasteiger partial charge in [0.05, 0.1) is 13.2 Å². The van der Waals surface area contributed by atoms with Crippen LogP contribution in [0.15, 0.2) is 48.7 Å². The van der Waals surface area contributed by atoms with Crippen molar-refractivity contribution >= 4 is 23.3 Å². The lowest BCUT2D eigenvalue weighted by atomic mass is 9.94. The third-order valence-corrected chi connectivity index (χ3v) is 7.04. The zero-order chi connectivity index (χ0) is 27.2. The molecule has 0 spiro atoms. The van der Waals surface area contributed by atoms with E-state index < -0.39 is 12.0 Å². The van der Waals surface area contributed by atoms with Gasteiger partial charge in [-0.1, -0.05) is 24.3 Å². The number of ether oxygens (including phenoxy) is 1. The molecule has 4 rings (SSSR count). The lowest BCUT2D eigenvalue weighted by Gasteiger charge is -2.17. The zero-order valence-electron chi connectivity index (χ0n) is 22.4. The highest BCUT2D eigenvalue weighted by atomic mass is 16.5. The Morgan fingerprint density at radius 3 is 2.34 bits per heavy atom. The summed E-state index contributed by atoms with van der Waals surface area (Å²) in [6.07, 6.45) is 3.78. The number of nitrogens with zero attached hydrogens (tertiary/aromatic N) is 1. The number of carbonyl (C=O) groups is 2. The van der Waals surface area contributed by atoms with Crippen LogP contribution in [0.4, 0.5) is 11.4 Å². The van der Waals surface area contributed by atoms with E-state index in [0.29, 0.717) is 18.2 Å². The fourth-order valence-electron chi connectivity index (χ4n) is 4.69. The Hall–Kier alpha value is -3.75. The van der Waals surface area contributed by atoms with Gasteiger partial charge in [0.2, 0.25) is 0 Å². The zero-order valence-corrected chi connectivity index (χ0v) is 22.4. The number of carbonyl (C=O) groups excluding carboxylic acids is 2. The van der Waals surface area contributed by atoms with Gasteiger partial charge in [0.1, 0.15) is 11.7 Å². The van der Waals surface area contributed by atoms with Crippen molar-refractivity contribution in [2.24, 2.45) is 0 Å². The molecule has 1 aromatic heterocycles. The van der Waals surface area contributed by atoms with Crippen molar-refractivity contribution in [2.75, 3.05) is 30.9 Å². The van der Waals surface area contributed by atoms with Crippen LogP contribution >= 0.6 is 0 Å². The molecule has 1 atom stereocenters. The molecule has 1 unspecified atom stereocenters. The van der Waals surface area contributed by atoms with Crippen molar-refractivity contribution in [2.45, 2.75) is 52.1 Å². The summed E-state index contributed by atoms with van der Waals surface area (Å²) in [4.78, 5) is 29.7. The molecular weight excluding hydrogens is 480 g/mol. The standard InChI is InChI=1S/C30H36N4O4/c1-5-38-30(37)28(17-35)33-16-21-15-32-27(14-24(21)20-12-13-20)29(36)34-26-11-7-9-23(19(26)3)22-8-6-10-25(31-4)18(22)2/h6-11,14-15,20,28,31,33,35H,5,12-13,16-17H2,1-4H3,(H,34,36). The number of pyridine rings is 1. The first kappa shape index (κ1) is 27.3. The molecule has 1 amide bonds. The van der Waals surface area contributed by atoms with Crippen LogP contribution in [0.1, 0.15) is 58.4 Å². The molecule has 1 aliphatic carbocycles. The summed E-state index contributed by atoms with van der Waals surface area (Å²) in [6, 6.07) is 13.1. The Morgan fingerprint density at radius 1 is 1.08 bits per heavy atom. The van der Waals surface area contributed by atoms with E-state index in [1.807, 2.05) is 44.3 Å². The maximum atomic E-state index is 13.3. The molecular formula is C30H36N4O4. The first-order valence-electron chi connectivity index (χ1n) is 13.1. The van der Waals surface area contributed by atoms with E-state index in [0.717, 1.165) is 57.6 Å². The van der Waals surface area contributed by atoms with Crippen molar-refractivity contribution in [3.8, 4) is 11.1 Å². The van der Waals surface area contributed by atoms with Crippen molar-refractivity contribution in [1.29, 1.82) is 0 Å². The number of esters is 1. The number of benzene rings is 2. The van der Waals surface area contributed by atoms with Gasteiger partial charge in [-0.05, 0) is 91.1 Å². The lowest BCUT2D eigenvalue weighted by Crippen LogP contribution is -2.40. The topological polar surface area (TPSA) is 113 Å². The number of aliphatic hydroxyl groups is 1. The molecule has 1 saturated carbocycles. The second-order valence-corrected chi connectivity index (χ2v) is 9.57. The number of hydrogen-bond acceptors (Lipinski definition) is 7. The van der Waals surface area contributed by atoms with Crippen molar-refractivity contribution in [3.05, 3.63) is 76.6 Å². The molecule has 200 valence electrons. The summed E-state index contributed by atoms with van der Waals surface area (Å²) in [5.74, 6) is -0.395. The Balaban J connectivity index is 1.54. The Kier molecular flexibility index (Phi) is 8.76. The molecule has 8 nitrogen and oxygen atoms in total.